The third-order valence-corrected chi connectivity index (χ3v) is 4.30. The summed E-state index contributed by atoms with van der Waals surface area (Å²) in [5.41, 5.74) is 1.98. The number of hydrogen-bond donors (Lipinski definition) is 1. The van der Waals surface area contributed by atoms with E-state index >= 15 is 0 Å². The Kier molecular flexibility index (Phi) is 4.10. The summed E-state index contributed by atoms with van der Waals surface area (Å²) >= 11 is 13.0. The van der Waals surface area contributed by atoms with Crippen molar-refractivity contribution in [2.24, 2.45) is 0 Å². The van der Waals surface area contributed by atoms with Crippen LogP contribution in [0.4, 0.5) is 5.69 Å². The maximum Gasteiger partial charge on any atom is 0.231 e. The first-order chi connectivity index (χ1) is 9.63. The fourth-order valence-electron chi connectivity index (χ4n) is 1.95. The fraction of sp³-hybridized carbons (Fsp3) is 0.143. The standard InChI is InChI=1S/C14H10Br2ClNO2/c15-9-1-2-12(11(17)5-9)18-6-8-3-10(16)14-13(4-8)19-7-20-14/h1-5,18H,6-7H2. The van der Waals surface area contributed by atoms with Crippen molar-refractivity contribution in [1.82, 2.24) is 0 Å². The molecule has 0 radical (unpaired) electrons. The number of nitrogens with one attached hydrogen (secondary N) is 1. The molecule has 104 valence electrons. The molecule has 0 aliphatic carbocycles. The Morgan fingerprint density at radius 1 is 1.15 bits per heavy atom. The van der Waals surface area contributed by atoms with Gasteiger partial charge in [0.1, 0.15) is 0 Å². The molecule has 3 nitrogen and oxygen atoms in total. The lowest BCUT2D eigenvalue weighted by atomic mass is 10.2. The number of anilines is 1. The highest BCUT2D eigenvalue weighted by atomic mass is 79.9. The predicted octanol–water partition coefficient (Wildman–Crippen LogP) is 5.21. The Morgan fingerprint density at radius 2 is 2.00 bits per heavy atom. The predicted molar refractivity (Wildman–Crippen MR) is 86.7 cm³/mol. The molecule has 1 heterocycles. The summed E-state index contributed by atoms with van der Waals surface area (Å²) in [6.07, 6.45) is 0. The van der Waals surface area contributed by atoms with Gasteiger partial charge in [-0.1, -0.05) is 27.5 Å². The molecule has 1 N–H and O–H groups in total. The smallest absolute Gasteiger partial charge is 0.231 e. The van der Waals surface area contributed by atoms with Gasteiger partial charge in [-0.15, -0.1) is 0 Å². The number of rotatable bonds is 3. The van der Waals surface area contributed by atoms with Crippen LogP contribution in [0.1, 0.15) is 5.56 Å². The van der Waals surface area contributed by atoms with Crippen LogP contribution in [0.15, 0.2) is 39.3 Å². The first-order valence-corrected chi connectivity index (χ1v) is 7.87. The van der Waals surface area contributed by atoms with Crippen molar-refractivity contribution in [3.63, 3.8) is 0 Å². The van der Waals surface area contributed by atoms with Gasteiger partial charge in [0, 0.05) is 11.0 Å². The quantitative estimate of drug-likeness (QED) is 0.741. The van der Waals surface area contributed by atoms with Gasteiger partial charge in [-0.05, 0) is 51.8 Å². The van der Waals surface area contributed by atoms with E-state index in [0.717, 1.165) is 31.7 Å². The minimum Gasteiger partial charge on any atom is -0.454 e. The molecule has 0 bridgehead atoms. The molecule has 0 aromatic heterocycles. The highest BCUT2D eigenvalue weighted by Crippen LogP contribution is 2.40. The summed E-state index contributed by atoms with van der Waals surface area (Å²) < 4.78 is 12.6. The van der Waals surface area contributed by atoms with E-state index in [4.69, 9.17) is 21.1 Å². The first-order valence-electron chi connectivity index (χ1n) is 5.90. The van der Waals surface area contributed by atoms with Gasteiger partial charge in [0.25, 0.3) is 0 Å². The Bertz CT molecular complexity index is 664. The van der Waals surface area contributed by atoms with Crippen LogP contribution in [0.3, 0.4) is 0 Å². The summed E-state index contributed by atoms with van der Waals surface area (Å²) in [7, 11) is 0. The summed E-state index contributed by atoms with van der Waals surface area (Å²) in [4.78, 5) is 0. The molecule has 1 aliphatic rings. The molecule has 0 atom stereocenters. The highest BCUT2D eigenvalue weighted by Gasteiger charge is 2.17. The minimum atomic E-state index is 0.267. The summed E-state index contributed by atoms with van der Waals surface area (Å²) in [5, 5.41) is 3.98. The van der Waals surface area contributed by atoms with Crippen molar-refractivity contribution in [2.75, 3.05) is 12.1 Å². The van der Waals surface area contributed by atoms with Crippen molar-refractivity contribution >= 4 is 49.1 Å². The topological polar surface area (TPSA) is 30.5 Å². The van der Waals surface area contributed by atoms with E-state index in [1.54, 1.807) is 0 Å². The minimum absolute atomic E-state index is 0.267. The zero-order valence-corrected chi connectivity index (χ0v) is 14.2. The molecule has 20 heavy (non-hydrogen) atoms. The highest BCUT2D eigenvalue weighted by molar-refractivity contribution is 9.10. The third kappa shape index (κ3) is 2.90. The normalized spacial score (nSPS) is 12.6. The Hall–Kier alpha value is -0.910. The van der Waals surface area contributed by atoms with Crippen LogP contribution in [-0.2, 0) is 6.54 Å². The van der Waals surface area contributed by atoms with Gasteiger partial charge in [-0.25, -0.2) is 0 Å². The van der Waals surface area contributed by atoms with Crippen molar-refractivity contribution in [3.8, 4) is 11.5 Å². The van der Waals surface area contributed by atoms with E-state index in [2.05, 4.69) is 37.2 Å². The molecule has 2 aromatic rings. The molecule has 0 saturated heterocycles. The molecule has 6 heteroatoms. The zero-order valence-electron chi connectivity index (χ0n) is 10.3. The van der Waals surface area contributed by atoms with E-state index < -0.39 is 0 Å². The number of benzene rings is 2. The second kappa shape index (κ2) is 5.84. The molecular weight excluding hydrogens is 409 g/mol. The van der Waals surface area contributed by atoms with Gasteiger partial charge in [0.15, 0.2) is 11.5 Å². The molecular formula is C14H10Br2ClNO2. The van der Waals surface area contributed by atoms with Crippen LogP contribution in [0.5, 0.6) is 11.5 Å². The van der Waals surface area contributed by atoms with E-state index in [1.165, 1.54) is 0 Å². The average Bonchev–Trinajstić information content (AvgIpc) is 2.86. The van der Waals surface area contributed by atoms with E-state index in [9.17, 15) is 0 Å². The summed E-state index contributed by atoms with van der Waals surface area (Å²) in [5.74, 6) is 1.52. The number of ether oxygens (including phenoxy) is 2. The van der Waals surface area contributed by atoms with Crippen LogP contribution in [0, 0.1) is 0 Å². The Morgan fingerprint density at radius 3 is 2.80 bits per heavy atom. The lowest BCUT2D eigenvalue weighted by Gasteiger charge is -2.10. The Labute approximate surface area is 138 Å². The molecule has 3 rings (SSSR count). The Balaban J connectivity index is 1.77. The lowest BCUT2D eigenvalue weighted by Crippen LogP contribution is -2.00. The SMILES string of the molecule is Clc1cc(Br)ccc1NCc1cc(Br)c2c(c1)OCO2. The van der Waals surface area contributed by atoms with Crippen molar-refractivity contribution in [2.45, 2.75) is 6.54 Å². The largest absolute Gasteiger partial charge is 0.454 e. The van der Waals surface area contributed by atoms with Crippen LogP contribution in [0.2, 0.25) is 5.02 Å². The van der Waals surface area contributed by atoms with Crippen LogP contribution < -0.4 is 14.8 Å². The van der Waals surface area contributed by atoms with Gasteiger partial charge >= 0.3 is 0 Å². The van der Waals surface area contributed by atoms with Crippen molar-refractivity contribution in [1.29, 1.82) is 0 Å². The average molecular weight is 420 g/mol. The number of fused-ring (bicyclic) bond motifs is 1. The second-order valence-corrected chi connectivity index (χ2v) is 6.47. The molecule has 0 fully saturated rings. The van der Waals surface area contributed by atoms with Gasteiger partial charge in [-0.2, -0.15) is 0 Å². The van der Waals surface area contributed by atoms with Gasteiger partial charge in [0.2, 0.25) is 6.79 Å². The molecule has 1 aliphatic heterocycles. The van der Waals surface area contributed by atoms with Crippen molar-refractivity contribution in [3.05, 3.63) is 49.9 Å². The van der Waals surface area contributed by atoms with Gasteiger partial charge in [-0.3, -0.25) is 0 Å². The van der Waals surface area contributed by atoms with Crippen LogP contribution in [0.25, 0.3) is 0 Å². The monoisotopic (exact) mass is 417 g/mol. The molecule has 0 amide bonds. The third-order valence-electron chi connectivity index (χ3n) is 2.90. The van der Waals surface area contributed by atoms with Crippen molar-refractivity contribution < 1.29 is 9.47 Å². The second-order valence-electron chi connectivity index (χ2n) is 4.29. The molecule has 0 unspecified atom stereocenters. The fourth-order valence-corrected chi connectivity index (χ4v) is 3.30. The van der Waals surface area contributed by atoms with E-state index in [-0.39, 0.29) is 6.79 Å². The van der Waals surface area contributed by atoms with Gasteiger partial charge < -0.3 is 14.8 Å². The van der Waals surface area contributed by atoms with Crippen LogP contribution >= 0.6 is 43.5 Å². The molecule has 0 saturated carbocycles. The van der Waals surface area contributed by atoms with E-state index in [0.29, 0.717) is 11.6 Å². The maximum absolute atomic E-state index is 6.17. The van der Waals surface area contributed by atoms with E-state index in [1.807, 2.05) is 30.3 Å². The zero-order chi connectivity index (χ0) is 14.1. The first kappa shape index (κ1) is 14.0. The number of hydrogen-bond acceptors (Lipinski definition) is 3. The van der Waals surface area contributed by atoms with Crippen LogP contribution in [-0.4, -0.2) is 6.79 Å². The molecule has 0 spiro atoms. The lowest BCUT2D eigenvalue weighted by molar-refractivity contribution is 0.173. The summed E-state index contributed by atoms with van der Waals surface area (Å²) in [6, 6.07) is 9.72. The number of halogens is 3. The van der Waals surface area contributed by atoms with Gasteiger partial charge in [0.05, 0.1) is 15.2 Å². The maximum atomic E-state index is 6.17. The molecule has 2 aromatic carbocycles. The summed E-state index contributed by atoms with van der Waals surface area (Å²) in [6.45, 7) is 0.917.